The van der Waals surface area contributed by atoms with E-state index < -0.39 is 11.8 Å². The smallest absolute Gasteiger partial charge is 0.251 e. The molecule has 0 aromatic carbocycles. The predicted molar refractivity (Wildman–Crippen MR) is 116 cm³/mol. The van der Waals surface area contributed by atoms with Gasteiger partial charge < -0.3 is 9.80 Å². The number of alkyl halides is 2. The number of anilines is 1. The highest BCUT2D eigenvalue weighted by Gasteiger charge is 2.56. The van der Waals surface area contributed by atoms with Gasteiger partial charge in [-0.25, -0.2) is 13.5 Å². The van der Waals surface area contributed by atoms with E-state index in [4.69, 9.17) is 11.6 Å². The first-order chi connectivity index (χ1) is 15.3. The van der Waals surface area contributed by atoms with Crippen LogP contribution in [0.2, 0.25) is 5.15 Å². The Labute approximate surface area is 190 Å². The van der Waals surface area contributed by atoms with Crippen LogP contribution in [-0.2, 0) is 9.59 Å². The Kier molecular flexibility index (Phi) is 6.46. The molecule has 0 radical (unpaired) electrons. The molecule has 2 fully saturated rings. The number of amides is 2. The van der Waals surface area contributed by atoms with Gasteiger partial charge in [-0.05, 0) is 38.3 Å². The van der Waals surface area contributed by atoms with Gasteiger partial charge in [0.25, 0.3) is 5.92 Å². The molecule has 2 aliphatic rings. The van der Waals surface area contributed by atoms with Crippen molar-refractivity contribution < 1.29 is 18.4 Å². The summed E-state index contributed by atoms with van der Waals surface area (Å²) in [4.78, 5) is 32.8. The molecule has 2 atom stereocenters. The predicted octanol–water partition coefficient (Wildman–Crippen LogP) is 3.95. The Balaban J connectivity index is 1.32. The molecule has 2 aromatic rings. The molecule has 0 N–H and O–H groups in total. The first kappa shape index (κ1) is 22.6. The number of rotatable bonds is 9. The van der Waals surface area contributed by atoms with Gasteiger partial charge in [-0.3, -0.25) is 14.6 Å². The summed E-state index contributed by atoms with van der Waals surface area (Å²) in [5.74, 6) is -3.56. The molecule has 0 bridgehead atoms. The third-order valence-electron chi connectivity index (χ3n) is 6.29. The molecule has 2 unspecified atom stereocenters. The van der Waals surface area contributed by atoms with Gasteiger partial charge in [-0.1, -0.05) is 11.6 Å². The van der Waals surface area contributed by atoms with Crippen LogP contribution in [0.4, 0.5) is 14.5 Å². The Morgan fingerprint density at radius 2 is 2.16 bits per heavy atom. The van der Waals surface area contributed by atoms with E-state index in [0.29, 0.717) is 44.6 Å². The fourth-order valence-electron chi connectivity index (χ4n) is 4.25. The molecule has 2 aromatic heterocycles. The van der Waals surface area contributed by atoms with Crippen molar-refractivity contribution >= 4 is 29.1 Å². The highest BCUT2D eigenvalue weighted by Crippen LogP contribution is 2.50. The van der Waals surface area contributed by atoms with Crippen molar-refractivity contribution in [2.45, 2.75) is 45.0 Å². The lowest BCUT2D eigenvalue weighted by molar-refractivity contribution is -0.131. The van der Waals surface area contributed by atoms with Crippen molar-refractivity contribution in [2.24, 2.45) is 11.8 Å². The molecule has 2 amide bonds. The van der Waals surface area contributed by atoms with Gasteiger partial charge in [0.15, 0.2) is 5.15 Å². The quantitative estimate of drug-likeness (QED) is 0.562. The van der Waals surface area contributed by atoms with Crippen LogP contribution in [0.5, 0.6) is 0 Å². The van der Waals surface area contributed by atoms with Crippen molar-refractivity contribution in [3.8, 4) is 5.69 Å². The lowest BCUT2D eigenvalue weighted by atomic mass is 10.0. The lowest BCUT2D eigenvalue weighted by Gasteiger charge is -2.20. The molecule has 1 aliphatic heterocycles. The maximum absolute atomic E-state index is 13.1. The zero-order valence-corrected chi connectivity index (χ0v) is 18.6. The highest BCUT2D eigenvalue weighted by atomic mass is 35.5. The normalized spacial score (nSPS) is 21.8. The van der Waals surface area contributed by atoms with Crippen LogP contribution in [0.15, 0.2) is 30.7 Å². The molecule has 172 valence electrons. The summed E-state index contributed by atoms with van der Waals surface area (Å²) in [6, 6.07) is 3.62. The van der Waals surface area contributed by atoms with E-state index >= 15 is 0 Å². The van der Waals surface area contributed by atoms with Crippen LogP contribution in [0, 0.1) is 11.8 Å². The summed E-state index contributed by atoms with van der Waals surface area (Å²) in [5, 5.41) is 4.49. The molecule has 4 rings (SSSR count). The Hall–Kier alpha value is -2.55. The molecular weight excluding hydrogens is 440 g/mol. The average Bonchev–Trinajstić information content (AvgIpc) is 3.06. The summed E-state index contributed by atoms with van der Waals surface area (Å²) < 4.78 is 27.7. The lowest BCUT2D eigenvalue weighted by Crippen LogP contribution is -2.32. The van der Waals surface area contributed by atoms with Crippen LogP contribution in [0.25, 0.3) is 5.69 Å². The minimum Gasteiger partial charge on any atom is -0.342 e. The average molecular weight is 466 g/mol. The number of pyridine rings is 1. The van der Waals surface area contributed by atoms with Crippen molar-refractivity contribution in [3.63, 3.8) is 0 Å². The molecule has 0 spiro atoms. The number of carbonyl (C=O) groups is 2. The Morgan fingerprint density at radius 3 is 2.81 bits per heavy atom. The van der Waals surface area contributed by atoms with E-state index in [1.807, 2.05) is 13.0 Å². The van der Waals surface area contributed by atoms with Gasteiger partial charge >= 0.3 is 0 Å². The largest absolute Gasteiger partial charge is 0.342 e. The first-order valence-electron chi connectivity index (χ1n) is 10.9. The number of halogens is 3. The Morgan fingerprint density at radius 1 is 1.38 bits per heavy atom. The van der Waals surface area contributed by atoms with E-state index in [9.17, 15) is 18.4 Å². The second-order valence-corrected chi connectivity index (χ2v) is 8.76. The van der Waals surface area contributed by atoms with Gasteiger partial charge in [0.1, 0.15) is 5.69 Å². The van der Waals surface area contributed by atoms with Crippen LogP contribution in [0.3, 0.4) is 0 Å². The molecule has 1 saturated heterocycles. The summed E-state index contributed by atoms with van der Waals surface area (Å²) in [7, 11) is 0. The van der Waals surface area contributed by atoms with E-state index in [1.165, 1.54) is 0 Å². The van der Waals surface area contributed by atoms with Crippen LogP contribution >= 0.6 is 11.6 Å². The fourth-order valence-corrected chi connectivity index (χ4v) is 4.48. The summed E-state index contributed by atoms with van der Waals surface area (Å²) >= 11 is 6.31. The van der Waals surface area contributed by atoms with Gasteiger partial charge in [0.05, 0.1) is 18.1 Å². The van der Waals surface area contributed by atoms with Crippen LogP contribution in [-0.4, -0.2) is 57.0 Å². The van der Waals surface area contributed by atoms with Crippen LogP contribution in [0.1, 0.15) is 39.0 Å². The third-order valence-corrected chi connectivity index (χ3v) is 6.56. The van der Waals surface area contributed by atoms with Crippen molar-refractivity contribution in [3.05, 3.63) is 35.9 Å². The molecule has 3 heterocycles. The summed E-state index contributed by atoms with van der Waals surface area (Å²) in [5.41, 5.74) is 1.23. The van der Waals surface area contributed by atoms with Crippen molar-refractivity contribution in [1.29, 1.82) is 0 Å². The maximum atomic E-state index is 13.1. The zero-order chi connectivity index (χ0) is 22.9. The number of likely N-dealkylation sites (tertiary alicyclic amines) is 1. The monoisotopic (exact) mass is 465 g/mol. The fraction of sp³-hybridized carbons (Fsp3) is 0.545. The zero-order valence-electron chi connectivity index (χ0n) is 17.9. The third kappa shape index (κ3) is 4.77. The molecular formula is C22H26ClF2N5O2. The van der Waals surface area contributed by atoms with E-state index in [0.717, 1.165) is 5.69 Å². The molecule has 1 saturated carbocycles. The van der Waals surface area contributed by atoms with E-state index in [2.05, 4.69) is 10.1 Å². The van der Waals surface area contributed by atoms with E-state index in [-0.39, 0.29) is 35.7 Å². The van der Waals surface area contributed by atoms with Crippen molar-refractivity contribution in [1.82, 2.24) is 19.7 Å². The SMILES string of the molecule is CCN(C(=O)CCC1CCN(CCC2CC2(F)F)C1=O)c1cn(-c2cccnc2)nc1Cl. The molecule has 7 nitrogen and oxygen atoms in total. The number of nitrogens with zero attached hydrogens (tertiary/aromatic N) is 5. The van der Waals surface area contributed by atoms with Gasteiger partial charge in [-0.15, -0.1) is 0 Å². The molecule has 1 aliphatic carbocycles. The van der Waals surface area contributed by atoms with Gasteiger partial charge in [-0.2, -0.15) is 5.10 Å². The minimum absolute atomic E-state index is 0.0350. The topological polar surface area (TPSA) is 71.3 Å². The van der Waals surface area contributed by atoms with Crippen molar-refractivity contribution in [2.75, 3.05) is 24.5 Å². The van der Waals surface area contributed by atoms with Crippen LogP contribution < -0.4 is 4.90 Å². The second-order valence-electron chi connectivity index (χ2n) is 8.40. The minimum atomic E-state index is -2.55. The molecule has 32 heavy (non-hydrogen) atoms. The maximum Gasteiger partial charge on any atom is 0.251 e. The summed E-state index contributed by atoms with van der Waals surface area (Å²) in [6.45, 7) is 3.20. The highest BCUT2D eigenvalue weighted by molar-refractivity contribution is 6.32. The number of carbonyl (C=O) groups excluding carboxylic acids is 2. The Bertz CT molecular complexity index is 984. The number of aromatic nitrogens is 3. The second kappa shape index (κ2) is 9.13. The standard InChI is InChI=1S/C22H26ClF2N5O2/c1-2-29(18-14-30(27-20(18)23)17-4-3-9-26-13-17)19(31)6-5-15-7-10-28(21(15)32)11-8-16-12-22(16,24)25/h3-4,9,13-16H,2,5-8,10-12H2,1H3. The number of hydrogen-bond donors (Lipinski definition) is 0. The summed E-state index contributed by atoms with van der Waals surface area (Å²) in [6.07, 6.45) is 6.55. The first-order valence-corrected chi connectivity index (χ1v) is 11.3. The molecule has 10 heteroatoms. The van der Waals surface area contributed by atoms with Gasteiger partial charge in [0, 0.05) is 50.5 Å². The van der Waals surface area contributed by atoms with E-state index in [1.54, 1.807) is 39.1 Å². The number of hydrogen-bond acceptors (Lipinski definition) is 4. The van der Waals surface area contributed by atoms with Gasteiger partial charge in [0.2, 0.25) is 11.8 Å².